The van der Waals surface area contributed by atoms with E-state index in [9.17, 15) is 44.0 Å². The Balaban J connectivity index is 2.75. The van der Waals surface area contributed by atoms with E-state index in [1.54, 1.807) is 6.92 Å². The second kappa shape index (κ2) is 26.9. The Kier molecular flexibility index (Phi) is 24.5. The highest BCUT2D eigenvalue weighted by Gasteiger charge is 2.54. The summed E-state index contributed by atoms with van der Waals surface area (Å²) in [4.78, 5) is 53.0. The van der Waals surface area contributed by atoms with E-state index in [2.05, 4.69) is 58.8 Å². The molecule has 0 saturated heterocycles. The molecule has 53 heavy (non-hydrogen) atoms. The summed E-state index contributed by atoms with van der Waals surface area (Å²) in [5.74, 6) is 16.9. The van der Waals surface area contributed by atoms with Crippen LogP contribution in [0.25, 0.3) is 0 Å². The zero-order valence-electron chi connectivity index (χ0n) is 30.1. The molecular weight excluding hydrogens is 738 g/mol. The average Bonchev–Trinajstić information content (AvgIpc) is 3.10. The van der Waals surface area contributed by atoms with Gasteiger partial charge in [-0.15, -0.1) is 0 Å². The molecule has 0 aromatic rings. The first-order valence-corrected chi connectivity index (χ1v) is 20.5. The number of hydrogen-bond donors (Lipinski definition) is 7. The Morgan fingerprint density at radius 1 is 0.642 bits per heavy atom. The molecule has 1 aliphatic rings. The van der Waals surface area contributed by atoms with E-state index in [4.69, 9.17) is 28.3 Å². The molecule has 0 aliphatic heterocycles. The number of unbranched alkanes of at least 4 members (excludes halogenated alkanes) is 12. The van der Waals surface area contributed by atoms with Crippen LogP contribution in [0.3, 0.4) is 0 Å². The molecule has 0 radical (unpaired) electrons. The van der Waals surface area contributed by atoms with Crippen molar-refractivity contribution in [2.75, 3.05) is 13.2 Å². The number of carbonyl (C=O) groups is 2. The van der Waals surface area contributed by atoms with Crippen LogP contribution in [0.2, 0.25) is 0 Å². The lowest BCUT2D eigenvalue weighted by Crippen LogP contribution is -2.64. The zero-order valence-corrected chi connectivity index (χ0v) is 31.8. The lowest BCUT2D eigenvalue weighted by molar-refractivity contribution is -0.216. The largest absolute Gasteiger partial charge is 0.472 e. The molecule has 7 N–H and O–H groups in total. The van der Waals surface area contributed by atoms with Gasteiger partial charge >= 0.3 is 27.6 Å². The lowest BCUT2D eigenvalue weighted by Gasteiger charge is -2.43. The molecule has 0 aromatic heterocycles. The topological polar surface area (TPSA) is 256 Å². The van der Waals surface area contributed by atoms with Gasteiger partial charge in [-0.05, 0) is 48.9 Å². The summed E-state index contributed by atoms with van der Waals surface area (Å²) in [6, 6.07) is 0. The SMILES string of the molecule is CC#CC#CC#CC#CC(=O)OC[C@H](COP(=O)(O)OC1C(O)[C@H](O)[C@H](OP(=O)(O)O)C(O)[C@@H]1O)OC(=O)CCCCCCCCCCCCCCC. The minimum atomic E-state index is -5.32. The molecule has 0 amide bonds. The van der Waals surface area contributed by atoms with Crippen LogP contribution < -0.4 is 0 Å². The van der Waals surface area contributed by atoms with Crippen molar-refractivity contribution in [2.24, 2.45) is 0 Å². The number of rotatable bonds is 24. The van der Waals surface area contributed by atoms with Gasteiger partial charge in [0.15, 0.2) is 6.10 Å². The van der Waals surface area contributed by atoms with E-state index >= 15 is 0 Å². The maximum Gasteiger partial charge on any atom is 0.472 e. The Labute approximate surface area is 311 Å². The van der Waals surface area contributed by atoms with Crippen LogP contribution in [0.1, 0.15) is 104 Å². The van der Waals surface area contributed by atoms with Gasteiger partial charge in [-0.1, -0.05) is 89.9 Å². The van der Waals surface area contributed by atoms with Gasteiger partial charge in [-0.25, -0.2) is 13.9 Å². The van der Waals surface area contributed by atoms with Gasteiger partial charge < -0.3 is 44.6 Å². The summed E-state index contributed by atoms with van der Waals surface area (Å²) in [6.45, 7) is 2.18. The summed E-state index contributed by atoms with van der Waals surface area (Å²) in [6.07, 6.45) is -0.814. The van der Waals surface area contributed by atoms with E-state index in [-0.39, 0.29) is 6.42 Å². The van der Waals surface area contributed by atoms with E-state index in [1.165, 1.54) is 51.4 Å². The number of phosphoric acid groups is 2. The first kappa shape index (κ1) is 48.3. The highest BCUT2D eigenvalue weighted by atomic mass is 31.2. The number of aliphatic hydroxyl groups excluding tert-OH is 4. The van der Waals surface area contributed by atoms with Crippen molar-refractivity contribution < 1.29 is 76.9 Å². The summed E-state index contributed by atoms with van der Waals surface area (Å²) in [7, 11) is -10.6. The minimum absolute atomic E-state index is 0.0115. The highest BCUT2D eigenvalue weighted by Crippen LogP contribution is 2.48. The standard InChI is InChI=1S/C35H52O16P2/c1-3-5-7-9-11-12-13-14-15-16-18-20-22-24-29(37)49-27(25-47-28(36)23-21-19-17-10-8-6-4-2)26-48-53(45,46)51-35-32(40)30(38)34(31(39)33(35)41)50-52(42,43)44/h27,30-35,38-41H,3,5,7,9,11-16,18,20,22,24-26H2,1-2H3,(H,45,46)(H2,42,43,44)/t27-,30+,31?,32?,33+,34+,35?/m1/s1. The Morgan fingerprint density at radius 2 is 1.09 bits per heavy atom. The highest BCUT2D eigenvalue weighted by molar-refractivity contribution is 7.47. The fourth-order valence-electron chi connectivity index (χ4n) is 5.07. The molecule has 0 aromatic carbocycles. The molecular formula is C35H52O16P2. The van der Waals surface area contributed by atoms with Gasteiger partial charge in [-0.3, -0.25) is 18.4 Å². The normalized spacial score (nSPS) is 22.5. The molecule has 0 heterocycles. The monoisotopic (exact) mass is 790 g/mol. The molecule has 1 saturated carbocycles. The molecule has 1 fully saturated rings. The quantitative estimate of drug-likeness (QED) is 0.0244. The Hall–Kier alpha value is -2.76. The van der Waals surface area contributed by atoms with E-state index in [1.807, 2.05) is 0 Å². The van der Waals surface area contributed by atoms with Crippen molar-refractivity contribution in [3.8, 4) is 47.4 Å². The first-order valence-electron chi connectivity index (χ1n) is 17.5. The molecule has 18 heteroatoms. The van der Waals surface area contributed by atoms with Crippen molar-refractivity contribution in [2.45, 2.75) is 146 Å². The van der Waals surface area contributed by atoms with Crippen molar-refractivity contribution in [1.29, 1.82) is 0 Å². The maximum atomic E-state index is 12.8. The van der Waals surface area contributed by atoms with Gasteiger partial charge in [-0.2, -0.15) is 0 Å². The number of phosphoric ester groups is 2. The van der Waals surface area contributed by atoms with Crippen LogP contribution in [0, 0.1) is 47.4 Å². The van der Waals surface area contributed by atoms with Crippen molar-refractivity contribution in [3.05, 3.63) is 0 Å². The van der Waals surface area contributed by atoms with Gasteiger partial charge in [0.05, 0.1) is 6.61 Å². The van der Waals surface area contributed by atoms with Gasteiger partial charge in [0.1, 0.15) is 43.2 Å². The predicted octanol–water partition coefficient (Wildman–Crippen LogP) is 2.39. The summed E-state index contributed by atoms with van der Waals surface area (Å²) >= 11 is 0. The molecule has 1 rings (SSSR count). The fraction of sp³-hybridized carbons (Fsp3) is 0.714. The van der Waals surface area contributed by atoms with E-state index in [0.717, 1.165) is 25.7 Å². The number of hydrogen-bond acceptors (Lipinski definition) is 13. The molecule has 0 spiro atoms. The van der Waals surface area contributed by atoms with Crippen LogP contribution in [-0.4, -0.2) is 103 Å². The smallest absolute Gasteiger partial charge is 0.456 e. The van der Waals surface area contributed by atoms with Crippen molar-refractivity contribution in [3.63, 3.8) is 0 Å². The van der Waals surface area contributed by atoms with Crippen molar-refractivity contribution in [1.82, 2.24) is 0 Å². The number of ether oxygens (including phenoxy) is 2. The van der Waals surface area contributed by atoms with E-state index < -0.39 is 83.5 Å². The van der Waals surface area contributed by atoms with E-state index in [0.29, 0.717) is 6.42 Å². The Bertz CT molecular complexity index is 1450. The van der Waals surface area contributed by atoms with Crippen molar-refractivity contribution >= 4 is 27.6 Å². The maximum absolute atomic E-state index is 12.8. The van der Waals surface area contributed by atoms with Crippen LogP contribution in [0.5, 0.6) is 0 Å². The number of esters is 2. The number of aliphatic hydroxyl groups is 4. The molecule has 4 unspecified atom stereocenters. The third-order valence-electron chi connectivity index (χ3n) is 7.77. The zero-order chi connectivity index (χ0) is 39.7. The fourth-order valence-corrected chi connectivity index (χ4v) is 6.61. The van der Waals surface area contributed by atoms with Crippen LogP contribution in [0.15, 0.2) is 0 Å². The third kappa shape index (κ3) is 22.3. The molecule has 298 valence electrons. The van der Waals surface area contributed by atoms with Crippen LogP contribution >= 0.6 is 15.6 Å². The van der Waals surface area contributed by atoms with Gasteiger partial charge in [0, 0.05) is 12.3 Å². The Morgan fingerprint density at radius 3 is 1.58 bits per heavy atom. The molecule has 8 atom stereocenters. The van der Waals surface area contributed by atoms with Crippen LogP contribution in [0.4, 0.5) is 0 Å². The second-order valence-corrected chi connectivity index (χ2v) is 14.8. The summed E-state index contributed by atoms with van der Waals surface area (Å²) in [5, 5.41) is 41.0. The van der Waals surface area contributed by atoms with Gasteiger partial charge in [0.2, 0.25) is 0 Å². The average molecular weight is 791 g/mol. The molecule has 1 aliphatic carbocycles. The van der Waals surface area contributed by atoms with Crippen LogP contribution in [-0.2, 0) is 41.8 Å². The minimum Gasteiger partial charge on any atom is -0.456 e. The van der Waals surface area contributed by atoms with Gasteiger partial charge in [0.25, 0.3) is 0 Å². The predicted molar refractivity (Wildman–Crippen MR) is 190 cm³/mol. The lowest BCUT2D eigenvalue weighted by atomic mass is 9.85. The summed E-state index contributed by atoms with van der Waals surface area (Å²) in [5.41, 5.74) is 0. The number of carbonyl (C=O) groups excluding carboxylic acids is 2. The summed E-state index contributed by atoms with van der Waals surface area (Å²) < 4.78 is 48.1. The molecule has 0 bridgehead atoms. The third-order valence-corrected chi connectivity index (χ3v) is 9.27. The first-order chi connectivity index (χ1) is 25.1. The second-order valence-electron chi connectivity index (χ2n) is 12.2. The molecule has 16 nitrogen and oxygen atoms in total.